The Morgan fingerprint density at radius 1 is 1.21 bits per heavy atom. The molecule has 2 N–H and O–H groups in total. The first-order valence-corrected chi connectivity index (χ1v) is 9.53. The summed E-state index contributed by atoms with van der Waals surface area (Å²) in [4.78, 5) is 15.7. The van der Waals surface area contributed by atoms with Crippen molar-refractivity contribution in [2.75, 3.05) is 26.7 Å². The van der Waals surface area contributed by atoms with Crippen LogP contribution in [0.5, 0.6) is 0 Å². The minimum Gasteiger partial charge on any atom is -0.469 e. The van der Waals surface area contributed by atoms with E-state index in [1.54, 1.807) is 16.9 Å². The van der Waals surface area contributed by atoms with Crippen molar-refractivity contribution in [3.05, 3.63) is 35.9 Å². The molecule has 1 unspecified atom stereocenters. The average molecular weight is 330 g/mol. The summed E-state index contributed by atoms with van der Waals surface area (Å²) in [5.74, 6) is 0.179. The van der Waals surface area contributed by atoms with Crippen LogP contribution in [0, 0.1) is 5.92 Å². The Morgan fingerprint density at radius 2 is 1.96 bits per heavy atom. The third-order valence-corrected chi connectivity index (χ3v) is 6.90. The van der Waals surface area contributed by atoms with Crippen LogP contribution in [0.4, 0.5) is 0 Å². The molecule has 24 heavy (non-hydrogen) atoms. The number of nitrogens with one attached hydrogen (secondary N) is 2. The van der Waals surface area contributed by atoms with Crippen molar-refractivity contribution in [3.8, 4) is 0 Å². The number of ether oxygens (including phenoxy) is 1. The Bertz CT molecular complexity index is 581. The number of piperidine rings is 1. The molecule has 3 atom stereocenters. The summed E-state index contributed by atoms with van der Waals surface area (Å²) in [6.07, 6.45) is 6.05. The van der Waals surface area contributed by atoms with Crippen molar-refractivity contribution in [2.24, 2.45) is 5.92 Å². The number of rotatable bonds is 3. The van der Waals surface area contributed by atoms with E-state index in [4.69, 9.17) is 4.74 Å². The first-order valence-electron chi connectivity index (χ1n) is 9.53. The van der Waals surface area contributed by atoms with Crippen molar-refractivity contribution in [3.63, 3.8) is 0 Å². The second-order valence-electron chi connectivity index (χ2n) is 8.05. The maximum Gasteiger partial charge on any atom is 0.314 e. The number of methoxy groups -OCH3 is 1. The Morgan fingerprint density at radius 3 is 2.67 bits per heavy atom. The van der Waals surface area contributed by atoms with Gasteiger partial charge in [-0.05, 0) is 0 Å². The minimum atomic E-state index is 0.0373. The van der Waals surface area contributed by atoms with E-state index in [9.17, 15) is 4.79 Å². The fourth-order valence-corrected chi connectivity index (χ4v) is 5.74. The molecule has 1 aromatic rings. The van der Waals surface area contributed by atoms with Crippen LogP contribution in [0.15, 0.2) is 30.3 Å². The van der Waals surface area contributed by atoms with Gasteiger partial charge in [0.2, 0.25) is 0 Å². The summed E-state index contributed by atoms with van der Waals surface area (Å²) in [5, 5.41) is 0. The van der Waals surface area contributed by atoms with E-state index in [1.807, 2.05) is 0 Å². The summed E-state index contributed by atoms with van der Waals surface area (Å²) < 4.78 is 5.12. The number of carbonyl (C=O) groups is 1. The molecule has 0 bridgehead atoms. The summed E-state index contributed by atoms with van der Waals surface area (Å²) in [6, 6.07) is 11.4. The van der Waals surface area contributed by atoms with Crippen molar-refractivity contribution in [2.45, 2.75) is 50.2 Å². The third-order valence-electron chi connectivity index (χ3n) is 6.90. The first kappa shape index (κ1) is 16.1. The van der Waals surface area contributed by atoms with Crippen LogP contribution in [0.25, 0.3) is 0 Å². The number of hydrogen-bond acceptors (Lipinski definition) is 2. The molecule has 3 aliphatic heterocycles. The van der Waals surface area contributed by atoms with Crippen molar-refractivity contribution >= 4 is 5.97 Å². The van der Waals surface area contributed by atoms with Gasteiger partial charge in [0.25, 0.3) is 0 Å². The second-order valence-corrected chi connectivity index (χ2v) is 8.05. The molecule has 0 amide bonds. The molecule has 0 aromatic heterocycles. The van der Waals surface area contributed by atoms with Gasteiger partial charge in [-0.15, -0.1) is 0 Å². The number of esters is 1. The van der Waals surface area contributed by atoms with Crippen LogP contribution in [0.3, 0.4) is 0 Å². The van der Waals surface area contributed by atoms with Crippen molar-refractivity contribution in [1.29, 1.82) is 0 Å². The normalized spacial score (nSPS) is 38.2. The summed E-state index contributed by atoms with van der Waals surface area (Å²) in [5.41, 5.74) is 1.79. The van der Waals surface area contributed by atoms with E-state index in [-0.39, 0.29) is 11.9 Å². The van der Waals surface area contributed by atoms with E-state index in [1.165, 1.54) is 50.9 Å². The van der Waals surface area contributed by atoms with Gasteiger partial charge >= 0.3 is 5.97 Å². The zero-order valence-electron chi connectivity index (χ0n) is 14.7. The zero-order valence-corrected chi connectivity index (χ0v) is 14.7. The maximum atomic E-state index is 12.2. The SMILES string of the molecule is COC(=O)[C@H]1CC2(CC[NH+](Cc3ccccc3)CC2)[NH+]2CCC[C@H]12. The molecule has 4 nitrogen and oxygen atoms in total. The highest BCUT2D eigenvalue weighted by molar-refractivity contribution is 5.73. The van der Waals surface area contributed by atoms with Gasteiger partial charge in [-0.3, -0.25) is 4.79 Å². The predicted octanol–water partition coefficient (Wildman–Crippen LogP) is -0.156. The number of hydrogen-bond donors (Lipinski definition) is 2. The van der Waals surface area contributed by atoms with E-state index >= 15 is 0 Å². The Hall–Kier alpha value is -1.39. The average Bonchev–Trinajstić information content (AvgIpc) is 3.21. The molecule has 3 aliphatic rings. The lowest BCUT2D eigenvalue weighted by atomic mass is 9.81. The number of fused-ring (bicyclic) bond motifs is 2. The van der Waals surface area contributed by atoms with Gasteiger partial charge in [-0.1, -0.05) is 30.3 Å². The molecular weight excluding hydrogens is 300 g/mol. The summed E-state index contributed by atoms with van der Waals surface area (Å²) in [7, 11) is 1.55. The summed E-state index contributed by atoms with van der Waals surface area (Å²) in [6.45, 7) is 4.86. The molecule has 0 radical (unpaired) electrons. The number of benzene rings is 1. The fraction of sp³-hybridized carbons (Fsp3) is 0.650. The third kappa shape index (κ3) is 2.76. The topological polar surface area (TPSA) is 35.2 Å². The number of carbonyl (C=O) groups excluding carboxylic acids is 1. The molecule has 4 heteroatoms. The Labute approximate surface area is 144 Å². The van der Waals surface area contributed by atoms with Gasteiger partial charge in [0.05, 0.1) is 39.6 Å². The highest BCUT2D eigenvalue weighted by Crippen LogP contribution is 2.34. The maximum absolute atomic E-state index is 12.2. The van der Waals surface area contributed by atoms with Gasteiger partial charge in [0.1, 0.15) is 24.0 Å². The van der Waals surface area contributed by atoms with Gasteiger partial charge < -0.3 is 14.5 Å². The van der Waals surface area contributed by atoms with Crippen LogP contribution in [-0.4, -0.2) is 44.3 Å². The van der Waals surface area contributed by atoms with Crippen molar-refractivity contribution < 1.29 is 19.3 Å². The molecular formula is C20H30N2O2+2. The highest BCUT2D eigenvalue weighted by Gasteiger charge is 2.61. The largest absolute Gasteiger partial charge is 0.469 e. The molecule has 4 rings (SSSR count). The quantitative estimate of drug-likeness (QED) is 0.756. The number of quaternary nitrogens is 2. The smallest absolute Gasteiger partial charge is 0.314 e. The zero-order chi connectivity index (χ0) is 16.6. The standard InChI is InChI=1S/C20H28N2O2/c1-24-19(23)17-14-20(22-11-5-8-18(17)22)9-12-21(13-10-20)15-16-6-3-2-4-7-16/h2-4,6-7,17-18H,5,8-15H2,1H3/p+2/t17-,18+/m0/s1. The highest BCUT2D eigenvalue weighted by atomic mass is 16.5. The van der Waals surface area contributed by atoms with Gasteiger partial charge in [-0.25, -0.2) is 0 Å². The van der Waals surface area contributed by atoms with Crippen LogP contribution in [-0.2, 0) is 16.1 Å². The van der Waals surface area contributed by atoms with Gasteiger partial charge in [0.15, 0.2) is 0 Å². The van der Waals surface area contributed by atoms with Crippen molar-refractivity contribution in [1.82, 2.24) is 0 Å². The lowest BCUT2D eigenvalue weighted by Crippen LogP contribution is -3.23. The van der Waals surface area contributed by atoms with Gasteiger partial charge in [0, 0.05) is 24.8 Å². The van der Waals surface area contributed by atoms with Crippen LogP contribution >= 0.6 is 0 Å². The van der Waals surface area contributed by atoms with Crippen LogP contribution in [0.1, 0.15) is 37.7 Å². The monoisotopic (exact) mass is 330 g/mol. The predicted molar refractivity (Wildman–Crippen MR) is 91.8 cm³/mol. The lowest BCUT2D eigenvalue weighted by molar-refractivity contribution is -0.981. The molecule has 3 fully saturated rings. The molecule has 130 valence electrons. The molecule has 0 saturated carbocycles. The van der Waals surface area contributed by atoms with E-state index in [2.05, 4.69) is 30.3 Å². The molecule has 0 aliphatic carbocycles. The Balaban J connectivity index is 1.43. The number of likely N-dealkylation sites (tertiary alicyclic amines) is 1. The van der Waals surface area contributed by atoms with E-state index in [0.29, 0.717) is 11.6 Å². The minimum absolute atomic E-state index is 0.0373. The molecule has 3 heterocycles. The second kappa shape index (κ2) is 6.49. The molecule has 1 spiro atoms. The Kier molecular flexibility index (Phi) is 4.35. The lowest BCUT2D eigenvalue weighted by Gasteiger charge is -2.40. The van der Waals surface area contributed by atoms with E-state index < -0.39 is 0 Å². The first-order chi connectivity index (χ1) is 11.7. The van der Waals surface area contributed by atoms with Gasteiger partial charge in [-0.2, -0.15) is 0 Å². The van der Waals surface area contributed by atoms with E-state index in [0.717, 1.165) is 13.0 Å². The summed E-state index contributed by atoms with van der Waals surface area (Å²) >= 11 is 0. The van der Waals surface area contributed by atoms with Crippen LogP contribution in [0.2, 0.25) is 0 Å². The fourth-order valence-electron chi connectivity index (χ4n) is 5.74. The molecule has 3 saturated heterocycles. The van der Waals surface area contributed by atoms with Crippen LogP contribution < -0.4 is 9.80 Å². The molecule has 1 aromatic carbocycles.